The molecule has 2 unspecified atom stereocenters. The molecule has 1 saturated carbocycles. The predicted molar refractivity (Wildman–Crippen MR) is 70.8 cm³/mol. The lowest BCUT2D eigenvalue weighted by molar-refractivity contribution is -0.0264. The van der Waals surface area contributed by atoms with Gasteiger partial charge in [0.15, 0.2) is 0 Å². The van der Waals surface area contributed by atoms with E-state index >= 15 is 0 Å². The van der Waals surface area contributed by atoms with Crippen LogP contribution in [0.15, 0.2) is 0 Å². The average Bonchev–Trinajstić information content (AvgIpc) is 2.30. The van der Waals surface area contributed by atoms with Crippen molar-refractivity contribution in [2.24, 2.45) is 17.6 Å². The first-order chi connectivity index (χ1) is 8.13. The normalized spacial score (nSPS) is 21.7. The average molecular weight is 243 g/mol. The number of aliphatic hydroxyl groups excluding tert-OH is 1. The van der Waals surface area contributed by atoms with Crippen LogP contribution in [0.25, 0.3) is 0 Å². The summed E-state index contributed by atoms with van der Waals surface area (Å²) in [6.07, 6.45) is 7.31. The van der Waals surface area contributed by atoms with Crippen LogP contribution in [0.5, 0.6) is 0 Å². The molecule has 0 aromatic heterocycles. The quantitative estimate of drug-likeness (QED) is 0.721. The highest BCUT2D eigenvalue weighted by molar-refractivity contribution is 4.75. The van der Waals surface area contributed by atoms with E-state index in [9.17, 15) is 5.11 Å². The maximum atomic E-state index is 9.33. The fourth-order valence-corrected chi connectivity index (χ4v) is 2.62. The Morgan fingerprint density at radius 1 is 1.24 bits per heavy atom. The summed E-state index contributed by atoms with van der Waals surface area (Å²) in [7, 11) is 0. The largest absolute Gasteiger partial charge is 0.394 e. The minimum Gasteiger partial charge on any atom is -0.394 e. The molecule has 0 radical (unpaired) electrons. The SMILES string of the molecule is CC(C)CC(N)C(CO)OCC1CCCCC1. The molecule has 102 valence electrons. The van der Waals surface area contributed by atoms with Crippen LogP contribution in [0.3, 0.4) is 0 Å². The van der Waals surface area contributed by atoms with Crippen LogP contribution in [0.1, 0.15) is 52.4 Å². The molecule has 0 spiro atoms. The molecule has 0 saturated heterocycles. The van der Waals surface area contributed by atoms with Gasteiger partial charge in [0, 0.05) is 12.6 Å². The number of ether oxygens (including phenoxy) is 1. The summed E-state index contributed by atoms with van der Waals surface area (Å²) in [6, 6.07) is -0.0383. The first kappa shape index (κ1) is 14.9. The smallest absolute Gasteiger partial charge is 0.0956 e. The summed E-state index contributed by atoms with van der Waals surface area (Å²) in [5.41, 5.74) is 6.06. The Hall–Kier alpha value is -0.120. The van der Waals surface area contributed by atoms with E-state index in [1.807, 2.05) is 0 Å². The molecule has 0 heterocycles. The van der Waals surface area contributed by atoms with Crippen molar-refractivity contribution >= 4 is 0 Å². The Labute approximate surface area is 106 Å². The molecule has 3 nitrogen and oxygen atoms in total. The molecule has 0 aromatic carbocycles. The molecule has 0 amide bonds. The van der Waals surface area contributed by atoms with Crippen molar-refractivity contribution < 1.29 is 9.84 Å². The van der Waals surface area contributed by atoms with Crippen LogP contribution in [0.2, 0.25) is 0 Å². The maximum absolute atomic E-state index is 9.33. The van der Waals surface area contributed by atoms with Gasteiger partial charge in [-0.2, -0.15) is 0 Å². The van der Waals surface area contributed by atoms with E-state index in [-0.39, 0.29) is 18.8 Å². The number of rotatable bonds is 7. The van der Waals surface area contributed by atoms with E-state index in [0.29, 0.717) is 11.8 Å². The first-order valence-electron chi connectivity index (χ1n) is 7.11. The van der Waals surface area contributed by atoms with E-state index in [1.54, 1.807) is 0 Å². The van der Waals surface area contributed by atoms with Crippen LogP contribution in [0.4, 0.5) is 0 Å². The number of hydrogen-bond donors (Lipinski definition) is 2. The number of hydrogen-bond acceptors (Lipinski definition) is 3. The third-order valence-corrected chi connectivity index (χ3v) is 3.67. The fraction of sp³-hybridized carbons (Fsp3) is 1.00. The van der Waals surface area contributed by atoms with Gasteiger partial charge in [-0.25, -0.2) is 0 Å². The van der Waals surface area contributed by atoms with Crippen LogP contribution in [0, 0.1) is 11.8 Å². The van der Waals surface area contributed by atoms with Crippen molar-refractivity contribution in [1.82, 2.24) is 0 Å². The highest BCUT2D eigenvalue weighted by Crippen LogP contribution is 2.24. The molecule has 17 heavy (non-hydrogen) atoms. The minimum atomic E-state index is -0.181. The van der Waals surface area contributed by atoms with Gasteiger partial charge in [-0.1, -0.05) is 33.1 Å². The summed E-state index contributed by atoms with van der Waals surface area (Å²) < 4.78 is 5.82. The summed E-state index contributed by atoms with van der Waals surface area (Å²) in [5, 5.41) is 9.33. The summed E-state index contributed by atoms with van der Waals surface area (Å²) in [4.78, 5) is 0. The van der Waals surface area contributed by atoms with E-state index in [2.05, 4.69) is 13.8 Å². The van der Waals surface area contributed by atoms with Crippen LogP contribution in [-0.4, -0.2) is 30.5 Å². The molecular formula is C14H29NO2. The van der Waals surface area contributed by atoms with Crippen molar-refractivity contribution in [2.75, 3.05) is 13.2 Å². The van der Waals surface area contributed by atoms with Crippen LogP contribution >= 0.6 is 0 Å². The standard InChI is InChI=1S/C14H29NO2/c1-11(2)8-13(15)14(9-16)17-10-12-6-4-3-5-7-12/h11-14,16H,3-10,15H2,1-2H3. The Bertz CT molecular complexity index is 191. The molecule has 0 bridgehead atoms. The Kier molecular flexibility index (Phi) is 7.09. The lowest BCUT2D eigenvalue weighted by atomic mass is 9.90. The molecule has 1 aliphatic carbocycles. The van der Waals surface area contributed by atoms with Crippen molar-refractivity contribution in [3.05, 3.63) is 0 Å². The van der Waals surface area contributed by atoms with Crippen molar-refractivity contribution in [2.45, 2.75) is 64.5 Å². The van der Waals surface area contributed by atoms with Crippen LogP contribution in [-0.2, 0) is 4.74 Å². The molecule has 1 aliphatic rings. The molecule has 3 heteroatoms. The highest BCUT2D eigenvalue weighted by Gasteiger charge is 2.21. The predicted octanol–water partition coefficient (Wildman–Crippen LogP) is 2.32. The molecule has 1 rings (SSSR count). The Morgan fingerprint density at radius 3 is 2.41 bits per heavy atom. The van der Waals surface area contributed by atoms with Gasteiger partial charge < -0.3 is 15.6 Å². The van der Waals surface area contributed by atoms with Gasteiger partial charge in [-0.3, -0.25) is 0 Å². The van der Waals surface area contributed by atoms with Gasteiger partial charge in [0.1, 0.15) is 0 Å². The van der Waals surface area contributed by atoms with E-state index in [0.717, 1.165) is 13.0 Å². The van der Waals surface area contributed by atoms with Crippen molar-refractivity contribution in [3.8, 4) is 0 Å². The first-order valence-corrected chi connectivity index (χ1v) is 7.11. The van der Waals surface area contributed by atoms with Gasteiger partial charge in [-0.05, 0) is 31.1 Å². The third-order valence-electron chi connectivity index (χ3n) is 3.67. The van der Waals surface area contributed by atoms with E-state index in [4.69, 9.17) is 10.5 Å². The lowest BCUT2D eigenvalue weighted by Gasteiger charge is -2.27. The number of nitrogens with two attached hydrogens (primary N) is 1. The topological polar surface area (TPSA) is 55.5 Å². The molecule has 3 N–H and O–H groups in total. The highest BCUT2D eigenvalue weighted by atomic mass is 16.5. The van der Waals surface area contributed by atoms with E-state index in [1.165, 1.54) is 32.1 Å². The monoisotopic (exact) mass is 243 g/mol. The fourth-order valence-electron chi connectivity index (χ4n) is 2.62. The van der Waals surface area contributed by atoms with Gasteiger partial charge in [0.25, 0.3) is 0 Å². The Balaban J connectivity index is 2.25. The van der Waals surface area contributed by atoms with Gasteiger partial charge in [-0.15, -0.1) is 0 Å². The molecule has 2 atom stereocenters. The zero-order chi connectivity index (χ0) is 12.7. The van der Waals surface area contributed by atoms with Gasteiger partial charge >= 0.3 is 0 Å². The second kappa shape index (κ2) is 8.06. The van der Waals surface area contributed by atoms with Crippen LogP contribution < -0.4 is 5.73 Å². The summed E-state index contributed by atoms with van der Waals surface area (Å²) >= 11 is 0. The third kappa shape index (κ3) is 5.84. The second-order valence-corrected chi connectivity index (χ2v) is 5.85. The second-order valence-electron chi connectivity index (χ2n) is 5.85. The zero-order valence-electron chi connectivity index (χ0n) is 11.4. The molecule has 0 aliphatic heterocycles. The molecular weight excluding hydrogens is 214 g/mol. The van der Waals surface area contributed by atoms with E-state index < -0.39 is 0 Å². The Morgan fingerprint density at radius 2 is 1.88 bits per heavy atom. The van der Waals surface area contributed by atoms with Crippen molar-refractivity contribution in [3.63, 3.8) is 0 Å². The van der Waals surface area contributed by atoms with Gasteiger partial charge in [0.2, 0.25) is 0 Å². The van der Waals surface area contributed by atoms with Gasteiger partial charge in [0.05, 0.1) is 12.7 Å². The molecule has 0 aromatic rings. The minimum absolute atomic E-state index is 0.0383. The summed E-state index contributed by atoms with van der Waals surface area (Å²) in [6.45, 7) is 5.11. The maximum Gasteiger partial charge on any atom is 0.0956 e. The zero-order valence-corrected chi connectivity index (χ0v) is 11.4. The molecule has 1 fully saturated rings. The summed E-state index contributed by atoms with van der Waals surface area (Å²) in [5.74, 6) is 1.24. The number of aliphatic hydroxyl groups is 1. The van der Waals surface area contributed by atoms with Crippen molar-refractivity contribution in [1.29, 1.82) is 0 Å². The lowest BCUT2D eigenvalue weighted by Crippen LogP contribution is -2.41.